The normalized spacial score (nSPS) is 11.0. The van der Waals surface area contributed by atoms with Crippen molar-refractivity contribution < 1.29 is 14.3 Å². The molecule has 1 heterocycles. The second kappa shape index (κ2) is 7.81. The molecule has 4 nitrogen and oxygen atoms in total. The Hall–Kier alpha value is -2.85. The highest BCUT2D eigenvalue weighted by Gasteiger charge is 2.07. The van der Waals surface area contributed by atoms with Gasteiger partial charge in [0.15, 0.2) is 0 Å². The van der Waals surface area contributed by atoms with E-state index in [4.69, 9.17) is 21.1 Å². The largest absolute Gasteiger partial charge is 0.496 e. The molecule has 5 heteroatoms. The SMILES string of the molecule is COc1ccc(Cl)cc1COC(=O)/C=C/c1cccc2cccnc12. The van der Waals surface area contributed by atoms with Crippen LogP contribution in [-0.4, -0.2) is 18.1 Å². The van der Waals surface area contributed by atoms with Crippen molar-refractivity contribution in [3.63, 3.8) is 0 Å². The highest BCUT2D eigenvalue weighted by Crippen LogP contribution is 2.23. The number of pyridine rings is 1. The highest BCUT2D eigenvalue weighted by atomic mass is 35.5. The third-order valence-corrected chi connectivity index (χ3v) is 3.91. The van der Waals surface area contributed by atoms with E-state index in [0.717, 1.165) is 16.5 Å². The molecule has 0 fully saturated rings. The summed E-state index contributed by atoms with van der Waals surface area (Å²) in [7, 11) is 1.56. The zero-order valence-corrected chi connectivity index (χ0v) is 14.4. The Labute approximate surface area is 150 Å². The average Bonchev–Trinajstić information content (AvgIpc) is 2.64. The molecule has 0 radical (unpaired) electrons. The molecule has 0 saturated carbocycles. The summed E-state index contributed by atoms with van der Waals surface area (Å²) in [4.78, 5) is 16.4. The van der Waals surface area contributed by atoms with Gasteiger partial charge in [-0.2, -0.15) is 0 Å². The maximum atomic E-state index is 12.0. The van der Waals surface area contributed by atoms with Gasteiger partial charge in [0.1, 0.15) is 12.4 Å². The van der Waals surface area contributed by atoms with Gasteiger partial charge in [-0.05, 0) is 30.3 Å². The van der Waals surface area contributed by atoms with E-state index >= 15 is 0 Å². The van der Waals surface area contributed by atoms with Crippen molar-refractivity contribution >= 4 is 34.5 Å². The van der Waals surface area contributed by atoms with Gasteiger partial charge in [0.25, 0.3) is 0 Å². The van der Waals surface area contributed by atoms with Crippen molar-refractivity contribution in [2.75, 3.05) is 7.11 Å². The van der Waals surface area contributed by atoms with Gasteiger partial charge in [-0.1, -0.05) is 35.9 Å². The molecule has 0 saturated heterocycles. The Balaban J connectivity index is 1.70. The van der Waals surface area contributed by atoms with Crippen LogP contribution in [0, 0.1) is 0 Å². The number of esters is 1. The van der Waals surface area contributed by atoms with Crippen LogP contribution in [0.3, 0.4) is 0 Å². The maximum absolute atomic E-state index is 12.0. The summed E-state index contributed by atoms with van der Waals surface area (Å²) in [6.07, 6.45) is 4.82. The Kier molecular flexibility index (Phi) is 5.31. The van der Waals surface area contributed by atoms with Crippen LogP contribution in [0.2, 0.25) is 5.02 Å². The van der Waals surface area contributed by atoms with Gasteiger partial charge in [0.2, 0.25) is 0 Å². The second-order valence-corrected chi connectivity index (χ2v) is 5.76. The third kappa shape index (κ3) is 4.17. The predicted octanol–water partition coefficient (Wildman–Crippen LogP) is 4.65. The van der Waals surface area contributed by atoms with E-state index in [9.17, 15) is 4.79 Å². The summed E-state index contributed by atoms with van der Waals surface area (Å²) in [5, 5.41) is 1.57. The van der Waals surface area contributed by atoms with Crippen LogP contribution < -0.4 is 4.74 Å². The zero-order chi connectivity index (χ0) is 17.6. The Morgan fingerprint density at radius 2 is 2.04 bits per heavy atom. The van der Waals surface area contributed by atoms with E-state index in [2.05, 4.69) is 4.98 Å². The number of carbonyl (C=O) groups is 1. The number of methoxy groups -OCH3 is 1. The van der Waals surface area contributed by atoms with Crippen molar-refractivity contribution in [1.29, 1.82) is 0 Å². The van der Waals surface area contributed by atoms with Crippen molar-refractivity contribution in [3.05, 3.63) is 77.0 Å². The lowest BCUT2D eigenvalue weighted by atomic mass is 10.1. The molecule has 0 N–H and O–H groups in total. The first-order chi connectivity index (χ1) is 12.2. The first kappa shape index (κ1) is 17.0. The first-order valence-corrected chi connectivity index (χ1v) is 8.06. The van der Waals surface area contributed by atoms with E-state index in [1.54, 1.807) is 37.6 Å². The molecule has 0 bridgehead atoms. The number of rotatable bonds is 5. The van der Waals surface area contributed by atoms with Gasteiger partial charge in [0.05, 0.1) is 12.6 Å². The molecule has 2 aromatic carbocycles. The molecule has 0 unspecified atom stereocenters. The molecular weight excluding hydrogens is 338 g/mol. The van der Waals surface area contributed by atoms with Crippen LogP contribution in [0.15, 0.2) is 60.8 Å². The topological polar surface area (TPSA) is 48.4 Å². The number of nitrogens with zero attached hydrogens (tertiary/aromatic N) is 1. The predicted molar refractivity (Wildman–Crippen MR) is 98.6 cm³/mol. The summed E-state index contributed by atoms with van der Waals surface area (Å²) < 4.78 is 10.5. The van der Waals surface area contributed by atoms with Crippen molar-refractivity contribution in [3.8, 4) is 5.75 Å². The summed E-state index contributed by atoms with van der Waals surface area (Å²) in [6, 6.07) is 14.8. The molecule has 0 atom stereocenters. The number of ether oxygens (including phenoxy) is 2. The Bertz CT molecular complexity index is 932. The van der Waals surface area contributed by atoms with E-state index < -0.39 is 5.97 Å². The lowest BCUT2D eigenvalue weighted by Crippen LogP contribution is -2.02. The lowest BCUT2D eigenvalue weighted by Gasteiger charge is -2.08. The number of hydrogen-bond donors (Lipinski definition) is 0. The first-order valence-electron chi connectivity index (χ1n) is 7.68. The maximum Gasteiger partial charge on any atom is 0.331 e. The zero-order valence-electron chi connectivity index (χ0n) is 13.6. The minimum absolute atomic E-state index is 0.0840. The van der Waals surface area contributed by atoms with Gasteiger partial charge in [-0.25, -0.2) is 4.79 Å². The standard InChI is InChI=1S/C20H16ClNO3/c1-24-18-9-8-17(21)12-16(18)13-25-19(23)10-7-15-5-2-4-14-6-3-11-22-20(14)15/h2-12H,13H2,1H3/b10-7+. The fraction of sp³-hybridized carbons (Fsp3) is 0.100. The average molecular weight is 354 g/mol. The molecule has 0 aliphatic heterocycles. The van der Waals surface area contributed by atoms with Crippen LogP contribution in [0.25, 0.3) is 17.0 Å². The lowest BCUT2D eigenvalue weighted by molar-refractivity contribution is -0.138. The van der Waals surface area contributed by atoms with Gasteiger partial charge < -0.3 is 9.47 Å². The summed E-state index contributed by atoms with van der Waals surface area (Å²) in [5.74, 6) is 0.175. The number of benzene rings is 2. The number of para-hydroxylation sites is 1. The van der Waals surface area contributed by atoms with Gasteiger partial charge in [0, 0.05) is 33.8 Å². The van der Waals surface area contributed by atoms with Gasteiger partial charge >= 0.3 is 5.97 Å². The third-order valence-electron chi connectivity index (χ3n) is 3.68. The van der Waals surface area contributed by atoms with Crippen LogP contribution in [0.4, 0.5) is 0 Å². The Morgan fingerprint density at radius 1 is 1.20 bits per heavy atom. The number of carbonyl (C=O) groups excluding carboxylic acids is 1. The molecule has 1 aromatic heterocycles. The van der Waals surface area contributed by atoms with Crippen LogP contribution in [0.5, 0.6) is 5.75 Å². The monoisotopic (exact) mass is 353 g/mol. The second-order valence-electron chi connectivity index (χ2n) is 5.32. The van der Waals surface area contributed by atoms with Crippen molar-refractivity contribution in [1.82, 2.24) is 4.98 Å². The number of aromatic nitrogens is 1. The molecule has 0 spiro atoms. The van der Waals surface area contributed by atoms with Crippen LogP contribution in [0.1, 0.15) is 11.1 Å². The number of halogens is 1. The smallest absolute Gasteiger partial charge is 0.331 e. The van der Waals surface area contributed by atoms with Gasteiger partial charge in [-0.3, -0.25) is 4.98 Å². The van der Waals surface area contributed by atoms with E-state index in [1.807, 2.05) is 30.3 Å². The summed E-state index contributed by atoms with van der Waals surface area (Å²) in [6.45, 7) is 0.0840. The van der Waals surface area contributed by atoms with E-state index in [0.29, 0.717) is 16.3 Å². The Morgan fingerprint density at radius 3 is 2.88 bits per heavy atom. The quantitative estimate of drug-likeness (QED) is 0.494. The molecule has 0 aliphatic rings. The van der Waals surface area contributed by atoms with E-state index in [1.165, 1.54) is 6.08 Å². The summed E-state index contributed by atoms with van der Waals surface area (Å²) >= 11 is 5.97. The fourth-order valence-corrected chi connectivity index (χ4v) is 2.67. The molecule has 0 amide bonds. The van der Waals surface area contributed by atoms with Crippen LogP contribution >= 0.6 is 11.6 Å². The fourth-order valence-electron chi connectivity index (χ4n) is 2.48. The minimum Gasteiger partial charge on any atom is -0.496 e. The molecule has 25 heavy (non-hydrogen) atoms. The molecular formula is C20H16ClNO3. The number of fused-ring (bicyclic) bond motifs is 1. The molecule has 0 aliphatic carbocycles. The van der Waals surface area contributed by atoms with Crippen molar-refractivity contribution in [2.24, 2.45) is 0 Å². The minimum atomic E-state index is -0.449. The number of hydrogen-bond acceptors (Lipinski definition) is 4. The molecule has 3 rings (SSSR count). The van der Waals surface area contributed by atoms with Crippen LogP contribution in [-0.2, 0) is 16.1 Å². The molecule has 3 aromatic rings. The van der Waals surface area contributed by atoms with Crippen molar-refractivity contribution in [2.45, 2.75) is 6.61 Å². The molecule has 126 valence electrons. The van der Waals surface area contributed by atoms with E-state index in [-0.39, 0.29) is 6.61 Å². The van der Waals surface area contributed by atoms with Gasteiger partial charge in [-0.15, -0.1) is 0 Å². The summed E-state index contributed by atoms with van der Waals surface area (Å²) in [5.41, 5.74) is 2.41. The highest BCUT2D eigenvalue weighted by molar-refractivity contribution is 6.30.